The maximum Gasteiger partial charge on any atom is 0.242 e. The standard InChI is InChI=1S/C18H28N2O3/c1-6-23-15-10-7-14(8-11-15)9-12-16(21)19-13(2)17(22)20-18(3,4)5/h7-8,10-11,13H,6,9,12H2,1-5H3,(H,19,21)(H,20,22). The molecule has 1 rings (SSSR count). The number of hydrogen-bond donors (Lipinski definition) is 2. The molecule has 2 N–H and O–H groups in total. The molecule has 1 aromatic rings. The first-order valence-electron chi connectivity index (χ1n) is 8.04. The average molecular weight is 320 g/mol. The van der Waals surface area contributed by atoms with Gasteiger partial charge in [-0.15, -0.1) is 0 Å². The minimum Gasteiger partial charge on any atom is -0.494 e. The fourth-order valence-electron chi connectivity index (χ4n) is 2.03. The lowest BCUT2D eigenvalue weighted by Crippen LogP contribution is -2.50. The zero-order valence-corrected chi connectivity index (χ0v) is 14.7. The third kappa shape index (κ3) is 7.68. The van der Waals surface area contributed by atoms with Crippen LogP contribution < -0.4 is 15.4 Å². The van der Waals surface area contributed by atoms with Crippen molar-refractivity contribution in [1.82, 2.24) is 10.6 Å². The minimum absolute atomic E-state index is 0.129. The Hall–Kier alpha value is -2.04. The Bertz CT molecular complexity index is 518. The molecule has 0 bridgehead atoms. The lowest BCUT2D eigenvalue weighted by molar-refractivity contribution is -0.129. The molecule has 1 atom stereocenters. The molecule has 0 saturated heterocycles. The minimum atomic E-state index is -0.540. The molecule has 0 saturated carbocycles. The topological polar surface area (TPSA) is 67.4 Å². The van der Waals surface area contributed by atoms with Crippen molar-refractivity contribution in [1.29, 1.82) is 0 Å². The van der Waals surface area contributed by atoms with E-state index in [0.29, 0.717) is 19.4 Å². The van der Waals surface area contributed by atoms with Crippen LogP contribution >= 0.6 is 0 Å². The summed E-state index contributed by atoms with van der Waals surface area (Å²) in [4.78, 5) is 23.9. The van der Waals surface area contributed by atoms with Crippen LogP contribution in [-0.2, 0) is 16.0 Å². The maximum atomic E-state index is 12.0. The van der Waals surface area contributed by atoms with Crippen LogP contribution in [0.15, 0.2) is 24.3 Å². The molecule has 23 heavy (non-hydrogen) atoms. The van der Waals surface area contributed by atoms with Crippen molar-refractivity contribution in [3.8, 4) is 5.75 Å². The number of hydrogen-bond acceptors (Lipinski definition) is 3. The first kappa shape index (κ1) is 19.0. The summed E-state index contributed by atoms with van der Waals surface area (Å²) in [6.45, 7) is 9.99. The lowest BCUT2D eigenvalue weighted by Gasteiger charge is -2.23. The van der Waals surface area contributed by atoms with Crippen molar-refractivity contribution >= 4 is 11.8 Å². The van der Waals surface area contributed by atoms with Crippen LogP contribution in [-0.4, -0.2) is 30.0 Å². The fourth-order valence-corrected chi connectivity index (χ4v) is 2.03. The molecule has 0 aliphatic heterocycles. The molecular formula is C18H28N2O3. The summed E-state index contributed by atoms with van der Waals surface area (Å²) >= 11 is 0. The SMILES string of the molecule is CCOc1ccc(CCC(=O)NC(C)C(=O)NC(C)(C)C)cc1. The molecule has 5 nitrogen and oxygen atoms in total. The third-order valence-corrected chi connectivity index (χ3v) is 3.14. The van der Waals surface area contributed by atoms with E-state index < -0.39 is 6.04 Å². The molecule has 0 aromatic heterocycles. The molecule has 2 amide bonds. The second-order valence-electron chi connectivity index (χ2n) is 6.61. The van der Waals surface area contributed by atoms with Crippen molar-refractivity contribution in [2.75, 3.05) is 6.61 Å². The molecule has 1 aromatic carbocycles. The van der Waals surface area contributed by atoms with Crippen LogP contribution in [0.3, 0.4) is 0 Å². The Labute approximate surface area is 138 Å². The summed E-state index contributed by atoms with van der Waals surface area (Å²) < 4.78 is 5.38. The van der Waals surface area contributed by atoms with Gasteiger partial charge in [-0.2, -0.15) is 0 Å². The Kier molecular flexibility index (Phi) is 7.07. The van der Waals surface area contributed by atoms with E-state index in [9.17, 15) is 9.59 Å². The molecule has 128 valence electrons. The average Bonchev–Trinajstić information content (AvgIpc) is 2.45. The lowest BCUT2D eigenvalue weighted by atomic mass is 10.1. The second kappa shape index (κ2) is 8.56. The summed E-state index contributed by atoms with van der Waals surface area (Å²) in [5.74, 6) is 0.524. The predicted molar refractivity (Wildman–Crippen MR) is 91.4 cm³/mol. The number of ether oxygens (including phenoxy) is 1. The van der Waals surface area contributed by atoms with E-state index in [-0.39, 0.29) is 17.4 Å². The van der Waals surface area contributed by atoms with Gasteiger partial charge in [0, 0.05) is 12.0 Å². The molecule has 1 unspecified atom stereocenters. The van der Waals surface area contributed by atoms with Crippen LogP contribution in [0.1, 0.15) is 46.6 Å². The first-order valence-corrected chi connectivity index (χ1v) is 8.04. The summed E-state index contributed by atoms with van der Waals surface area (Å²) in [6, 6.07) is 7.16. The van der Waals surface area contributed by atoms with Gasteiger partial charge in [0.15, 0.2) is 0 Å². The molecule has 0 spiro atoms. The number of rotatable bonds is 7. The van der Waals surface area contributed by atoms with Crippen LogP contribution in [0.2, 0.25) is 0 Å². The third-order valence-electron chi connectivity index (χ3n) is 3.14. The summed E-state index contributed by atoms with van der Waals surface area (Å²) in [6.07, 6.45) is 0.979. The van der Waals surface area contributed by atoms with Crippen molar-refractivity contribution < 1.29 is 14.3 Å². The normalized spacial score (nSPS) is 12.4. The van der Waals surface area contributed by atoms with E-state index in [4.69, 9.17) is 4.74 Å². The largest absolute Gasteiger partial charge is 0.494 e. The Balaban J connectivity index is 2.40. The molecule has 0 heterocycles. The number of carbonyl (C=O) groups is 2. The van der Waals surface area contributed by atoms with Crippen molar-refractivity contribution in [2.45, 2.75) is 59.0 Å². The Morgan fingerprint density at radius 3 is 2.30 bits per heavy atom. The van der Waals surface area contributed by atoms with Crippen LogP contribution in [0.5, 0.6) is 5.75 Å². The Morgan fingerprint density at radius 2 is 1.78 bits per heavy atom. The van der Waals surface area contributed by atoms with Gasteiger partial charge >= 0.3 is 0 Å². The van der Waals surface area contributed by atoms with Crippen molar-refractivity contribution in [3.63, 3.8) is 0 Å². The van der Waals surface area contributed by atoms with E-state index in [0.717, 1.165) is 11.3 Å². The van der Waals surface area contributed by atoms with Gasteiger partial charge in [-0.05, 0) is 58.7 Å². The van der Waals surface area contributed by atoms with Gasteiger partial charge < -0.3 is 15.4 Å². The number of aryl methyl sites for hydroxylation is 1. The summed E-state index contributed by atoms with van der Waals surface area (Å²) in [5.41, 5.74) is 0.758. The highest BCUT2D eigenvalue weighted by Gasteiger charge is 2.20. The molecule has 5 heteroatoms. The van der Waals surface area contributed by atoms with Gasteiger partial charge in [-0.1, -0.05) is 12.1 Å². The predicted octanol–water partition coefficient (Wildman–Crippen LogP) is 2.44. The molecule has 0 radical (unpaired) electrons. The van der Waals surface area contributed by atoms with Crippen molar-refractivity contribution in [3.05, 3.63) is 29.8 Å². The molecular weight excluding hydrogens is 292 g/mol. The van der Waals surface area contributed by atoms with E-state index in [1.165, 1.54) is 0 Å². The van der Waals surface area contributed by atoms with E-state index in [1.807, 2.05) is 52.0 Å². The van der Waals surface area contributed by atoms with Gasteiger partial charge in [0.2, 0.25) is 11.8 Å². The Morgan fingerprint density at radius 1 is 1.17 bits per heavy atom. The number of amides is 2. The highest BCUT2D eigenvalue weighted by molar-refractivity contribution is 5.87. The number of benzene rings is 1. The first-order chi connectivity index (χ1) is 10.7. The van der Waals surface area contributed by atoms with Crippen LogP contribution in [0, 0.1) is 0 Å². The maximum absolute atomic E-state index is 12.0. The highest BCUT2D eigenvalue weighted by atomic mass is 16.5. The van der Waals surface area contributed by atoms with Gasteiger partial charge in [-0.25, -0.2) is 0 Å². The van der Waals surface area contributed by atoms with Crippen LogP contribution in [0.25, 0.3) is 0 Å². The second-order valence-corrected chi connectivity index (χ2v) is 6.61. The van der Waals surface area contributed by atoms with E-state index in [1.54, 1.807) is 6.92 Å². The van der Waals surface area contributed by atoms with Gasteiger partial charge in [0.05, 0.1) is 6.61 Å². The number of nitrogens with one attached hydrogen (secondary N) is 2. The zero-order chi connectivity index (χ0) is 17.5. The van der Waals surface area contributed by atoms with E-state index >= 15 is 0 Å². The number of carbonyl (C=O) groups excluding carboxylic acids is 2. The van der Waals surface area contributed by atoms with Gasteiger partial charge in [0.1, 0.15) is 11.8 Å². The summed E-state index contributed by atoms with van der Waals surface area (Å²) in [7, 11) is 0. The van der Waals surface area contributed by atoms with E-state index in [2.05, 4.69) is 10.6 Å². The quantitative estimate of drug-likeness (QED) is 0.811. The zero-order valence-electron chi connectivity index (χ0n) is 14.7. The van der Waals surface area contributed by atoms with Gasteiger partial charge in [-0.3, -0.25) is 9.59 Å². The fraction of sp³-hybridized carbons (Fsp3) is 0.556. The van der Waals surface area contributed by atoms with Crippen LogP contribution in [0.4, 0.5) is 0 Å². The highest BCUT2D eigenvalue weighted by Crippen LogP contribution is 2.13. The molecule has 0 aliphatic rings. The summed E-state index contributed by atoms with van der Waals surface area (Å²) in [5, 5.41) is 5.58. The smallest absolute Gasteiger partial charge is 0.242 e. The van der Waals surface area contributed by atoms with Crippen molar-refractivity contribution in [2.24, 2.45) is 0 Å². The molecule has 0 fully saturated rings. The monoisotopic (exact) mass is 320 g/mol. The molecule has 0 aliphatic carbocycles. The van der Waals surface area contributed by atoms with Gasteiger partial charge in [0.25, 0.3) is 0 Å².